The summed E-state index contributed by atoms with van der Waals surface area (Å²) < 4.78 is 55.4. The Labute approximate surface area is 170 Å². The van der Waals surface area contributed by atoms with Gasteiger partial charge in [-0.05, 0) is 55.6 Å². The van der Waals surface area contributed by atoms with Crippen molar-refractivity contribution in [1.29, 1.82) is 0 Å². The van der Waals surface area contributed by atoms with Crippen molar-refractivity contribution in [3.05, 3.63) is 22.3 Å². The smallest absolute Gasteiger partial charge is 0.421 e. The number of rotatable bonds is 5. The molecule has 1 aliphatic heterocycles. The van der Waals surface area contributed by atoms with Crippen molar-refractivity contribution in [3.8, 4) is 5.88 Å². The Balaban J connectivity index is 1.74. The number of carbonyl (C=O) groups is 1. The molecule has 1 amide bonds. The second-order valence-electron chi connectivity index (χ2n) is 7.39. The maximum Gasteiger partial charge on any atom is 0.421 e. The lowest BCUT2D eigenvalue weighted by Crippen LogP contribution is -2.43. The Kier molecular flexibility index (Phi) is 7.55. The fourth-order valence-electron chi connectivity index (χ4n) is 2.63. The summed E-state index contributed by atoms with van der Waals surface area (Å²) in [6.07, 6.45) is -2.48. The van der Waals surface area contributed by atoms with Gasteiger partial charge in [-0.1, -0.05) is 0 Å². The fraction of sp³-hybridized carbons (Fsp3) is 0.667. The molecule has 1 aromatic heterocycles. The first-order valence-electron chi connectivity index (χ1n) is 8.91. The predicted octanol–water partition coefficient (Wildman–Crippen LogP) is 4.66. The van der Waals surface area contributed by atoms with Gasteiger partial charge < -0.3 is 19.1 Å². The number of alkyl halides is 3. The van der Waals surface area contributed by atoms with E-state index in [0.29, 0.717) is 25.9 Å². The number of ether oxygens (including phenoxy) is 3. The van der Waals surface area contributed by atoms with Crippen LogP contribution in [0.5, 0.6) is 5.88 Å². The van der Waals surface area contributed by atoms with Gasteiger partial charge in [0, 0.05) is 23.8 Å². The molecule has 0 radical (unpaired) electrons. The molecule has 2 rings (SSSR count). The number of carbonyl (C=O) groups excluding carboxylic acids is 1. The van der Waals surface area contributed by atoms with Crippen LogP contribution in [-0.2, 0) is 15.7 Å². The van der Waals surface area contributed by atoms with Crippen LogP contribution in [0.25, 0.3) is 0 Å². The van der Waals surface area contributed by atoms with Crippen molar-refractivity contribution in [2.75, 3.05) is 26.3 Å². The van der Waals surface area contributed by atoms with Crippen molar-refractivity contribution in [2.45, 2.75) is 51.5 Å². The van der Waals surface area contributed by atoms with Crippen molar-refractivity contribution >= 4 is 22.0 Å². The molecule has 0 bridgehead atoms. The maximum absolute atomic E-state index is 13.0. The number of pyridine rings is 1. The third-order valence-corrected chi connectivity index (χ3v) is 4.33. The van der Waals surface area contributed by atoms with Crippen LogP contribution < -0.4 is 4.74 Å². The van der Waals surface area contributed by atoms with Crippen molar-refractivity contribution in [3.63, 3.8) is 0 Å². The number of piperidine rings is 1. The van der Waals surface area contributed by atoms with Gasteiger partial charge in [-0.3, -0.25) is 0 Å². The van der Waals surface area contributed by atoms with E-state index in [1.165, 1.54) is 6.20 Å². The third-order valence-electron chi connectivity index (χ3n) is 3.89. The SMILES string of the molecule is CC(C)(C)OC(=O)N1CCC(OCCOc2ncc(Br)cc2C(F)(F)F)CC1. The van der Waals surface area contributed by atoms with Crippen LogP contribution in [0.1, 0.15) is 39.2 Å². The number of halogens is 4. The van der Waals surface area contributed by atoms with E-state index in [-0.39, 0.29) is 29.9 Å². The van der Waals surface area contributed by atoms with Gasteiger partial charge in [0.25, 0.3) is 0 Å². The fourth-order valence-corrected chi connectivity index (χ4v) is 2.96. The predicted molar refractivity (Wildman–Crippen MR) is 99.2 cm³/mol. The summed E-state index contributed by atoms with van der Waals surface area (Å²) in [6, 6.07) is 0.926. The van der Waals surface area contributed by atoms with Crippen LogP contribution in [0.3, 0.4) is 0 Å². The molecule has 0 aromatic carbocycles. The molecule has 10 heteroatoms. The van der Waals surface area contributed by atoms with Gasteiger partial charge in [0.05, 0.1) is 12.7 Å². The van der Waals surface area contributed by atoms with Gasteiger partial charge in [-0.25, -0.2) is 9.78 Å². The topological polar surface area (TPSA) is 60.9 Å². The number of amides is 1. The molecule has 0 N–H and O–H groups in total. The second-order valence-corrected chi connectivity index (χ2v) is 8.31. The number of hydrogen-bond donors (Lipinski definition) is 0. The average Bonchev–Trinajstić information content (AvgIpc) is 2.58. The molecule has 0 aliphatic carbocycles. The molecule has 0 spiro atoms. The summed E-state index contributed by atoms with van der Waals surface area (Å²) >= 11 is 2.97. The highest BCUT2D eigenvalue weighted by Crippen LogP contribution is 2.36. The first-order chi connectivity index (χ1) is 13.0. The van der Waals surface area contributed by atoms with Crippen LogP contribution in [0, 0.1) is 0 Å². The first-order valence-corrected chi connectivity index (χ1v) is 9.70. The molecule has 0 atom stereocenters. The third kappa shape index (κ3) is 7.12. The Morgan fingerprint density at radius 2 is 1.89 bits per heavy atom. The van der Waals surface area contributed by atoms with E-state index in [1.54, 1.807) is 4.90 Å². The van der Waals surface area contributed by atoms with Gasteiger partial charge in [0.1, 0.15) is 17.8 Å². The van der Waals surface area contributed by atoms with Gasteiger partial charge in [-0.2, -0.15) is 13.2 Å². The molecule has 28 heavy (non-hydrogen) atoms. The van der Waals surface area contributed by atoms with Crippen molar-refractivity contribution in [2.24, 2.45) is 0 Å². The zero-order valence-corrected chi connectivity index (χ0v) is 17.6. The van der Waals surface area contributed by atoms with E-state index < -0.39 is 23.2 Å². The largest absolute Gasteiger partial charge is 0.475 e. The van der Waals surface area contributed by atoms with E-state index in [4.69, 9.17) is 14.2 Å². The number of likely N-dealkylation sites (tertiary alicyclic amines) is 1. The molecular weight excluding hydrogens is 445 g/mol. The zero-order chi connectivity index (χ0) is 20.9. The molecular formula is C18H24BrF3N2O4. The van der Waals surface area contributed by atoms with Crippen molar-refractivity contribution < 1.29 is 32.2 Å². The van der Waals surface area contributed by atoms with Gasteiger partial charge >= 0.3 is 12.3 Å². The highest BCUT2D eigenvalue weighted by atomic mass is 79.9. The Hall–Kier alpha value is -1.55. The summed E-state index contributed by atoms with van der Waals surface area (Å²) in [5.41, 5.74) is -1.48. The normalized spacial score (nSPS) is 16.2. The molecule has 1 aromatic rings. The van der Waals surface area contributed by atoms with Gasteiger partial charge in [0.15, 0.2) is 0 Å². The summed E-state index contributed by atoms with van der Waals surface area (Å²) in [5.74, 6) is -0.473. The molecule has 0 saturated carbocycles. The molecule has 6 nitrogen and oxygen atoms in total. The molecule has 1 saturated heterocycles. The van der Waals surface area contributed by atoms with Crippen molar-refractivity contribution in [1.82, 2.24) is 9.88 Å². The minimum atomic E-state index is -4.55. The highest BCUT2D eigenvalue weighted by molar-refractivity contribution is 9.10. The Bertz CT molecular complexity index is 672. The summed E-state index contributed by atoms with van der Waals surface area (Å²) in [5, 5.41) is 0. The molecule has 158 valence electrons. The number of aromatic nitrogens is 1. The average molecular weight is 469 g/mol. The lowest BCUT2D eigenvalue weighted by Gasteiger charge is -2.33. The van der Waals surface area contributed by atoms with Gasteiger partial charge in [0.2, 0.25) is 5.88 Å². The van der Waals surface area contributed by atoms with Crippen LogP contribution in [0.4, 0.5) is 18.0 Å². The molecule has 0 unspecified atom stereocenters. The van der Waals surface area contributed by atoms with E-state index in [0.717, 1.165) is 6.07 Å². The van der Waals surface area contributed by atoms with Crippen LogP contribution in [0.15, 0.2) is 16.7 Å². The van der Waals surface area contributed by atoms with Crippen LogP contribution >= 0.6 is 15.9 Å². The molecule has 2 heterocycles. The lowest BCUT2D eigenvalue weighted by atomic mass is 10.1. The standard InChI is InChI=1S/C18H24BrF3N2O4/c1-17(2,3)28-16(25)24-6-4-13(5-7-24)26-8-9-27-15-14(18(20,21)22)10-12(19)11-23-15/h10-11,13H,4-9H2,1-3H3. The van der Waals surface area contributed by atoms with Crippen LogP contribution in [-0.4, -0.2) is 54.0 Å². The lowest BCUT2D eigenvalue weighted by molar-refractivity contribution is -0.139. The maximum atomic E-state index is 13.0. The Morgan fingerprint density at radius 3 is 2.46 bits per heavy atom. The summed E-state index contributed by atoms with van der Waals surface area (Å²) in [7, 11) is 0. The van der Waals surface area contributed by atoms with E-state index in [9.17, 15) is 18.0 Å². The first kappa shape index (κ1) is 22.7. The number of hydrogen-bond acceptors (Lipinski definition) is 5. The summed E-state index contributed by atoms with van der Waals surface area (Å²) in [4.78, 5) is 17.3. The highest BCUT2D eigenvalue weighted by Gasteiger charge is 2.35. The monoisotopic (exact) mass is 468 g/mol. The van der Waals surface area contributed by atoms with Gasteiger partial charge in [-0.15, -0.1) is 0 Å². The Morgan fingerprint density at radius 1 is 1.25 bits per heavy atom. The minimum absolute atomic E-state index is 0.0516. The quantitative estimate of drug-likeness (QED) is 0.588. The minimum Gasteiger partial charge on any atom is -0.475 e. The van der Waals surface area contributed by atoms with E-state index in [1.807, 2.05) is 20.8 Å². The second kappa shape index (κ2) is 9.30. The van der Waals surface area contributed by atoms with E-state index >= 15 is 0 Å². The summed E-state index contributed by atoms with van der Waals surface area (Å²) in [6.45, 7) is 6.53. The molecule has 1 aliphatic rings. The zero-order valence-electron chi connectivity index (χ0n) is 16.0. The van der Waals surface area contributed by atoms with Crippen LogP contribution in [0.2, 0.25) is 0 Å². The molecule has 1 fully saturated rings. The number of nitrogens with zero attached hydrogens (tertiary/aromatic N) is 2. The van der Waals surface area contributed by atoms with E-state index in [2.05, 4.69) is 20.9 Å².